The molecule has 6 nitrogen and oxygen atoms in total. The Hall–Kier alpha value is -3.42. The number of hydrogen-bond acceptors (Lipinski definition) is 5. The Morgan fingerprint density at radius 2 is 1.70 bits per heavy atom. The lowest BCUT2D eigenvalue weighted by atomic mass is 9.82. The molecule has 4 N–H and O–H groups in total. The smallest absolute Gasteiger partial charge is 0.242 e. The van der Waals surface area contributed by atoms with Crippen molar-refractivity contribution in [2.24, 2.45) is 5.92 Å². The maximum Gasteiger partial charge on any atom is 0.242 e. The maximum atomic E-state index is 13.5. The number of amides is 1. The summed E-state index contributed by atoms with van der Waals surface area (Å²) in [6.07, 6.45) is 0. The number of halogens is 1. The van der Waals surface area contributed by atoms with Crippen LogP contribution in [0.4, 0.5) is 4.39 Å². The van der Waals surface area contributed by atoms with Gasteiger partial charge in [0.1, 0.15) is 23.4 Å². The van der Waals surface area contributed by atoms with Gasteiger partial charge in [0, 0.05) is 18.0 Å². The molecule has 0 spiro atoms. The summed E-state index contributed by atoms with van der Waals surface area (Å²) in [6, 6.07) is 15.7. The Bertz CT molecular complexity index is 1210. The number of nitrogens with one attached hydrogen (secondary N) is 2. The number of aryl methyl sites for hydroxylation is 2. The number of carbonyl (C=O) groups excluding carboxylic acids is 1. The fourth-order valence-corrected chi connectivity index (χ4v) is 5.27. The van der Waals surface area contributed by atoms with Gasteiger partial charge in [-0.2, -0.15) is 0 Å². The summed E-state index contributed by atoms with van der Waals surface area (Å²) in [5, 5.41) is 21.0. The van der Waals surface area contributed by atoms with E-state index in [0.29, 0.717) is 6.54 Å². The number of likely N-dealkylation sites (tertiary alicyclic amines) is 1. The molecule has 3 aromatic carbocycles. The first kappa shape index (κ1) is 21.4. The molecule has 0 bridgehead atoms. The van der Waals surface area contributed by atoms with Gasteiger partial charge in [-0.25, -0.2) is 15.2 Å². The largest absolute Gasteiger partial charge is 0.508 e. The van der Waals surface area contributed by atoms with E-state index in [-0.39, 0.29) is 41.2 Å². The molecule has 1 amide bonds. The number of nitrogens with zero attached hydrogens (tertiary/aromatic N) is 1. The van der Waals surface area contributed by atoms with Crippen molar-refractivity contribution in [2.75, 3.05) is 0 Å². The molecular formula is C26H26FN3O3. The van der Waals surface area contributed by atoms with Crippen molar-refractivity contribution in [3.8, 4) is 11.5 Å². The Morgan fingerprint density at radius 3 is 2.42 bits per heavy atom. The van der Waals surface area contributed by atoms with E-state index < -0.39 is 6.04 Å². The fourth-order valence-electron chi connectivity index (χ4n) is 5.27. The van der Waals surface area contributed by atoms with Crippen LogP contribution in [-0.2, 0) is 11.3 Å². The van der Waals surface area contributed by atoms with E-state index in [2.05, 4.69) is 10.9 Å². The monoisotopic (exact) mass is 447 g/mol. The Balaban J connectivity index is 1.60. The van der Waals surface area contributed by atoms with Crippen LogP contribution in [0, 0.1) is 25.6 Å². The number of aromatic hydroxyl groups is 2. The van der Waals surface area contributed by atoms with Crippen LogP contribution in [0.5, 0.6) is 11.5 Å². The molecule has 0 radical (unpaired) electrons. The third-order valence-corrected chi connectivity index (χ3v) is 6.70. The molecule has 3 aromatic rings. The quantitative estimate of drug-likeness (QED) is 0.489. The third kappa shape index (κ3) is 3.73. The van der Waals surface area contributed by atoms with Gasteiger partial charge in [0.15, 0.2) is 0 Å². The van der Waals surface area contributed by atoms with E-state index in [4.69, 9.17) is 0 Å². The minimum atomic E-state index is -0.511. The second-order valence-corrected chi connectivity index (χ2v) is 8.97. The summed E-state index contributed by atoms with van der Waals surface area (Å²) in [6.45, 7) is 4.14. The highest BCUT2D eigenvalue weighted by molar-refractivity contribution is 5.86. The Morgan fingerprint density at radius 1 is 0.970 bits per heavy atom. The average Bonchev–Trinajstić information content (AvgIpc) is 3.31. The Kier molecular flexibility index (Phi) is 5.31. The van der Waals surface area contributed by atoms with Gasteiger partial charge in [0.05, 0.1) is 12.1 Å². The molecule has 4 unspecified atom stereocenters. The number of carbonyl (C=O) groups is 1. The van der Waals surface area contributed by atoms with Crippen LogP contribution in [-0.4, -0.2) is 27.1 Å². The number of phenolic OH excluding ortho intramolecular Hbond substituents is 2. The van der Waals surface area contributed by atoms with E-state index >= 15 is 0 Å². The van der Waals surface area contributed by atoms with Crippen molar-refractivity contribution in [1.82, 2.24) is 15.8 Å². The molecule has 4 atom stereocenters. The van der Waals surface area contributed by atoms with Crippen LogP contribution in [0.3, 0.4) is 0 Å². The van der Waals surface area contributed by atoms with E-state index in [0.717, 1.165) is 27.8 Å². The van der Waals surface area contributed by atoms with Crippen molar-refractivity contribution in [2.45, 2.75) is 38.5 Å². The van der Waals surface area contributed by atoms with Crippen molar-refractivity contribution in [3.63, 3.8) is 0 Å². The molecule has 0 saturated carbocycles. The van der Waals surface area contributed by atoms with E-state index in [1.54, 1.807) is 35.2 Å². The van der Waals surface area contributed by atoms with Crippen LogP contribution in [0.1, 0.15) is 39.9 Å². The summed E-state index contributed by atoms with van der Waals surface area (Å²) >= 11 is 0. The molecule has 2 fully saturated rings. The second kappa shape index (κ2) is 8.17. The topological polar surface area (TPSA) is 84.8 Å². The first-order valence-electron chi connectivity index (χ1n) is 11.0. The van der Waals surface area contributed by atoms with Crippen molar-refractivity contribution in [3.05, 3.63) is 94.3 Å². The lowest BCUT2D eigenvalue weighted by molar-refractivity contribution is -0.131. The molecule has 2 aliphatic heterocycles. The number of benzene rings is 3. The number of hydrogen-bond donors (Lipinski definition) is 4. The zero-order chi connectivity index (χ0) is 23.3. The van der Waals surface area contributed by atoms with Crippen LogP contribution in [0.15, 0.2) is 60.7 Å². The lowest BCUT2D eigenvalue weighted by Crippen LogP contribution is -2.41. The molecule has 170 valence electrons. The SMILES string of the molecule is Cc1cc(C)c(O)c(C2NNC3C(=O)N(Cc4ccc(F)cc4)C(c4cccc(O)c4)C32)c1. The predicted molar refractivity (Wildman–Crippen MR) is 122 cm³/mol. The van der Waals surface area contributed by atoms with E-state index in [1.165, 1.54) is 12.1 Å². The van der Waals surface area contributed by atoms with Crippen molar-refractivity contribution in [1.29, 1.82) is 0 Å². The zero-order valence-electron chi connectivity index (χ0n) is 18.4. The summed E-state index contributed by atoms with van der Waals surface area (Å²) in [7, 11) is 0. The lowest BCUT2D eigenvalue weighted by Gasteiger charge is -2.32. The van der Waals surface area contributed by atoms with Gasteiger partial charge in [-0.05, 0) is 54.8 Å². The second-order valence-electron chi connectivity index (χ2n) is 8.97. The summed E-state index contributed by atoms with van der Waals surface area (Å²) in [5.74, 6) is -0.331. The maximum absolute atomic E-state index is 13.5. The molecule has 2 aliphatic rings. The zero-order valence-corrected chi connectivity index (χ0v) is 18.4. The van der Waals surface area contributed by atoms with Gasteiger partial charge < -0.3 is 15.1 Å². The molecular weight excluding hydrogens is 421 g/mol. The van der Waals surface area contributed by atoms with Gasteiger partial charge in [0.25, 0.3) is 0 Å². The predicted octanol–water partition coefficient (Wildman–Crippen LogP) is 3.77. The first-order valence-corrected chi connectivity index (χ1v) is 11.0. The normalized spacial score (nSPS) is 24.3. The summed E-state index contributed by atoms with van der Waals surface area (Å²) < 4.78 is 13.4. The molecule has 0 aliphatic carbocycles. The minimum absolute atomic E-state index is 0.0865. The van der Waals surface area contributed by atoms with Crippen molar-refractivity contribution >= 4 is 5.91 Å². The molecule has 0 aromatic heterocycles. The number of fused-ring (bicyclic) bond motifs is 1. The molecule has 33 heavy (non-hydrogen) atoms. The van der Waals surface area contributed by atoms with Gasteiger partial charge in [-0.1, -0.05) is 42.0 Å². The minimum Gasteiger partial charge on any atom is -0.508 e. The third-order valence-electron chi connectivity index (χ3n) is 6.70. The molecule has 5 rings (SSSR count). The van der Waals surface area contributed by atoms with Crippen LogP contribution >= 0.6 is 0 Å². The van der Waals surface area contributed by atoms with Gasteiger partial charge in [-0.3, -0.25) is 4.79 Å². The van der Waals surface area contributed by atoms with Crippen molar-refractivity contribution < 1.29 is 19.4 Å². The highest BCUT2D eigenvalue weighted by Crippen LogP contribution is 2.49. The summed E-state index contributed by atoms with van der Waals surface area (Å²) in [5.41, 5.74) is 10.5. The molecule has 2 heterocycles. The summed E-state index contributed by atoms with van der Waals surface area (Å²) in [4.78, 5) is 15.3. The standard InChI is InChI=1S/C26H26FN3O3/c1-14-10-15(2)25(32)20(11-14)22-21-23(29-28-22)26(33)30(13-16-6-8-18(27)9-7-16)24(21)17-4-3-5-19(31)12-17/h3-12,21-24,28-29,31-32H,13H2,1-2H3. The van der Waals surface area contributed by atoms with E-state index in [9.17, 15) is 19.4 Å². The number of hydrazine groups is 1. The van der Waals surface area contributed by atoms with Crippen LogP contribution in [0.25, 0.3) is 0 Å². The highest BCUT2D eigenvalue weighted by atomic mass is 19.1. The Labute approximate surface area is 191 Å². The van der Waals surface area contributed by atoms with Crippen LogP contribution < -0.4 is 10.9 Å². The first-order chi connectivity index (χ1) is 15.8. The van der Waals surface area contributed by atoms with E-state index in [1.807, 2.05) is 32.0 Å². The fraction of sp³-hybridized carbons (Fsp3) is 0.269. The number of phenols is 2. The highest BCUT2D eigenvalue weighted by Gasteiger charge is 2.55. The molecule has 7 heteroatoms. The average molecular weight is 448 g/mol. The van der Waals surface area contributed by atoms with Gasteiger partial charge >= 0.3 is 0 Å². The molecule has 2 saturated heterocycles. The number of rotatable bonds is 4. The van der Waals surface area contributed by atoms with Crippen LogP contribution in [0.2, 0.25) is 0 Å². The van der Waals surface area contributed by atoms with Gasteiger partial charge in [-0.15, -0.1) is 0 Å². The van der Waals surface area contributed by atoms with Gasteiger partial charge in [0.2, 0.25) is 5.91 Å².